The van der Waals surface area contributed by atoms with E-state index in [0.717, 1.165) is 0 Å². The molecule has 0 radical (unpaired) electrons. The van der Waals surface area contributed by atoms with Crippen molar-refractivity contribution < 1.29 is 18.0 Å². The first-order valence-electron chi connectivity index (χ1n) is 6.23. The van der Waals surface area contributed by atoms with Crippen LogP contribution >= 0.6 is 15.9 Å². The van der Waals surface area contributed by atoms with Crippen molar-refractivity contribution in [1.29, 1.82) is 0 Å². The number of rotatable bonds is 2. The van der Waals surface area contributed by atoms with Crippen molar-refractivity contribution in [2.45, 2.75) is 39.3 Å². The maximum absolute atomic E-state index is 12.8. The normalized spacial score (nSPS) is 31.5. The van der Waals surface area contributed by atoms with Crippen LogP contribution in [0, 0.1) is 24.7 Å². The molecule has 3 fully saturated rings. The lowest BCUT2D eigenvalue weighted by Gasteiger charge is -2.69. The fraction of sp³-hybridized carbons (Fsp3) is 0.615. The number of aromatic nitrogens is 2. The zero-order chi connectivity index (χ0) is 14.9. The van der Waals surface area contributed by atoms with Crippen molar-refractivity contribution in [3.05, 3.63) is 21.7 Å². The molecule has 0 spiro atoms. The summed E-state index contributed by atoms with van der Waals surface area (Å²) in [5.41, 5.74) is -1.02. The largest absolute Gasteiger partial charge is 0.394 e. The fourth-order valence-corrected chi connectivity index (χ4v) is 3.84. The molecule has 0 amide bonds. The highest BCUT2D eigenvalue weighted by atomic mass is 79.9. The standard InChI is InChI=1S/C13H12BrF3N2O/c1-6-7(2)19-10(14)8(18-6)9(20)11-3-12(4-11,5-11)13(15,16)17/h3-5H2,1-2H3. The summed E-state index contributed by atoms with van der Waals surface area (Å²) in [6.45, 7) is 3.49. The van der Waals surface area contributed by atoms with Gasteiger partial charge in [0.15, 0.2) is 5.78 Å². The zero-order valence-corrected chi connectivity index (χ0v) is 12.5. The van der Waals surface area contributed by atoms with Crippen LogP contribution in [0.25, 0.3) is 0 Å². The van der Waals surface area contributed by atoms with Crippen molar-refractivity contribution in [2.75, 3.05) is 0 Å². The van der Waals surface area contributed by atoms with E-state index in [0.29, 0.717) is 16.0 Å². The molecule has 0 aromatic carbocycles. The van der Waals surface area contributed by atoms with Gasteiger partial charge in [-0.1, -0.05) is 0 Å². The molecule has 3 aliphatic carbocycles. The van der Waals surface area contributed by atoms with Gasteiger partial charge in [0.2, 0.25) is 0 Å². The third-order valence-electron chi connectivity index (χ3n) is 4.59. The van der Waals surface area contributed by atoms with Crippen molar-refractivity contribution in [3.63, 3.8) is 0 Å². The molecule has 20 heavy (non-hydrogen) atoms. The number of carbonyl (C=O) groups excluding carboxylic acids is 1. The minimum absolute atomic E-state index is 0.108. The van der Waals surface area contributed by atoms with Crippen LogP contribution in [0.2, 0.25) is 0 Å². The van der Waals surface area contributed by atoms with E-state index in [1.807, 2.05) is 0 Å². The second-order valence-corrected chi connectivity index (χ2v) is 6.70. The smallest absolute Gasteiger partial charge is 0.292 e. The van der Waals surface area contributed by atoms with Crippen LogP contribution in [0.4, 0.5) is 13.2 Å². The second kappa shape index (κ2) is 3.81. The summed E-state index contributed by atoms with van der Waals surface area (Å²) < 4.78 is 38.7. The highest BCUT2D eigenvalue weighted by Gasteiger charge is 2.80. The number of carbonyl (C=O) groups is 1. The van der Waals surface area contributed by atoms with Gasteiger partial charge >= 0.3 is 6.18 Å². The second-order valence-electron chi connectivity index (χ2n) is 5.95. The molecule has 0 atom stereocenters. The van der Waals surface area contributed by atoms with Crippen molar-refractivity contribution in [2.24, 2.45) is 10.8 Å². The molecular weight excluding hydrogens is 337 g/mol. The third-order valence-corrected chi connectivity index (χ3v) is 5.15. The molecule has 3 saturated carbocycles. The van der Waals surface area contributed by atoms with Crippen LogP contribution in [-0.4, -0.2) is 21.9 Å². The molecule has 2 bridgehead atoms. The van der Waals surface area contributed by atoms with Crippen LogP contribution in [0.15, 0.2) is 4.60 Å². The predicted octanol–water partition coefficient (Wildman–Crippen LogP) is 3.77. The summed E-state index contributed by atoms with van der Waals surface area (Å²) in [6.07, 6.45) is -4.53. The number of halogens is 4. The van der Waals surface area contributed by atoms with Gasteiger partial charge in [0.05, 0.1) is 16.8 Å². The van der Waals surface area contributed by atoms with Gasteiger partial charge in [-0.25, -0.2) is 9.97 Å². The van der Waals surface area contributed by atoms with Crippen LogP contribution in [-0.2, 0) is 0 Å². The van der Waals surface area contributed by atoms with E-state index in [4.69, 9.17) is 0 Å². The van der Waals surface area contributed by atoms with Gasteiger partial charge in [0.25, 0.3) is 0 Å². The van der Waals surface area contributed by atoms with Crippen LogP contribution in [0.3, 0.4) is 0 Å². The summed E-state index contributed by atoms with van der Waals surface area (Å²) in [5, 5.41) is 0. The van der Waals surface area contributed by atoms with Crippen molar-refractivity contribution >= 4 is 21.7 Å². The fourth-order valence-electron chi connectivity index (χ4n) is 3.30. The maximum atomic E-state index is 12.8. The first-order chi connectivity index (χ1) is 9.10. The van der Waals surface area contributed by atoms with Crippen LogP contribution < -0.4 is 0 Å². The lowest BCUT2D eigenvalue weighted by Crippen LogP contribution is -2.71. The van der Waals surface area contributed by atoms with E-state index in [1.54, 1.807) is 13.8 Å². The van der Waals surface area contributed by atoms with E-state index >= 15 is 0 Å². The number of ketones is 1. The molecule has 1 aromatic rings. The molecule has 3 aliphatic rings. The SMILES string of the molecule is Cc1nc(Br)c(C(=O)C23CC(C(F)(F)F)(C2)C3)nc1C. The molecular formula is C13H12BrF3N2O. The van der Waals surface area contributed by atoms with Crippen molar-refractivity contribution in [1.82, 2.24) is 9.97 Å². The molecule has 1 aromatic heterocycles. The molecule has 7 heteroatoms. The Morgan fingerprint density at radius 3 is 2.15 bits per heavy atom. The predicted molar refractivity (Wildman–Crippen MR) is 68.3 cm³/mol. The summed E-state index contributed by atoms with van der Waals surface area (Å²) in [6, 6.07) is 0. The molecule has 0 aliphatic heterocycles. The summed E-state index contributed by atoms with van der Waals surface area (Å²) in [5.74, 6) is -0.314. The monoisotopic (exact) mass is 348 g/mol. The van der Waals surface area contributed by atoms with Gasteiger partial charge in [-0.05, 0) is 49.0 Å². The van der Waals surface area contributed by atoms with Crippen LogP contribution in [0.1, 0.15) is 41.1 Å². The average molecular weight is 349 g/mol. The molecule has 0 saturated heterocycles. The number of hydrogen-bond donors (Lipinski definition) is 0. The summed E-state index contributed by atoms with van der Waals surface area (Å²) >= 11 is 3.18. The maximum Gasteiger partial charge on any atom is 0.394 e. The lowest BCUT2D eigenvalue weighted by molar-refractivity contribution is -0.346. The van der Waals surface area contributed by atoms with Crippen LogP contribution in [0.5, 0.6) is 0 Å². The molecule has 0 unspecified atom stereocenters. The Labute approximate surface area is 122 Å². The highest BCUT2D eigenvalue weighted by Crippen LogP contribution is 2.79. The van der Waals surface area contributed by atoms with E-state index < -0.39 is 17.0 Å². The summed E-state index contributed by atoms with van der Waals surface area (Å²) in [4.78, 5) is 20.8. The Kier molecular flexibility index (Phi) is 2.66. The Balaban J connectivity index is 1.86. The number of nitrogens with zero attached hydrogens (tertiary/aromatic N) is 2. The van der Waals surface area contributed by atoms with Gasteiger partial charge in [-0.3, -0.25) is 4.79 Å². The summed E-state index contributed by atoms with van der Waals surface area (Å²) in [7, 11) is 0. The number of aryl methyl sites for hydroxylation is 2. The number of alkyl halides is 3. The Morgan fingerprint density at radius 2 is 1.65 bits per heavy atom. The Bertz CT molecular complexity index is 607. The van der Waals surface area contributed by atoms with Gasteiger partial charge in [0, 0.05) is 5.41 Å². The van der Waals surface area contributed by atoms with E-state index in [2.05, 4.69) is 25.9 Å². The lowest BCUT2D eigenvalue weighted by atomic mass is 9.33. The van der Waals surface area contributed by atoms with E-state index in [1.165, 1.54) is 0 Å². The third kappa shape index (κ3) is 1.61. The van der Waals surface area contributed by atoms with E-state index in [-0.39, 0.29) is 30.7 Å². The average Bonchev–Trinajstić information content (AvgIpc) is 2.16. The minimum atomic E-state index is -4.21. The van der Waals surface area contributed by atoms with E-state index in [9.17, 15) is 18.0 Å². The number of Topliss-reactive ketones (excluding diaryl/α,β-unsaturated/α-hetero) is 1. The van der Waals surface area contributed by atoms with Gasteiger partial charge in [-0.15, -0.1) is 0 Å². The van der Waals surface area contributed by atoms with Crippen molar-refractivity contribution in [3.8, 4) is 0 Å². The first-order valence-corrected chi connectivity index (χ1v) is 7.02. The Hall–Kier alpha value is -0.980. The van der Waals surface area contributed by atoms with Gasteiger partial charge in [0.1, 0.15) is 10.3 Å². The Morgan fingerprint density at radius 1 is 1.15 bits per heavy atom. The zero-order valence-electron chi connectivity index (χ0n) is 10.9. The highest BCUT2D eigenvalue weighted by molar-refractivity contribution is 9.10. The van der Waals surface area contributed by atoms with Gasteiger partial charge in [-0.2, -0.15) is 13.2 Å². The quantitative estimate of drug-likeness (QED) is 0.764. The molecule has 4 rings (SSSR count). The van der Waals surface area contributed by atoms with Gasteiger partial charge < -0.3 is 0 Å². The number of hydrogen-bond acceptors (Lipinski definition) is 3. The topological polar surface area (TPSA) is 42.9 Å². The molecule has 108 valence electrons. The molecule has 0 N–H and O–H groups in total. The molecule has 3 nitrogen and oxygen atoms in total. The molecule has 1 heterocycles. The minimum Gasteiger partial charge on any atom is -0.292 e. The first kappa shape index (κ1) is 14.0.